The molecule has 4 nitrogen and oxygen atoms in total. The molecule has 0 unspecified atom stereocenters. The third-order valence-corrected chi connectivity index (χ3v) is 3.94. The Hall–Kier alpha value is -2.73. The number of anilines is 3. The highest BCUT2D eigenvalue weighted by atomic mass is 35.5. The molecule has 2 N–H and O–H groups in total. The minimum atomic E-state index is -0.702. The number of aromatic nitrogens is 2. The van der Waals surface area contributed by atoms with Gasteiger partial charge in [-0.2, -0.15) is 4.98 Å². The van der Waals surface area contributed by atoms with Crippen LogP contribution in [0.2, 0.25) is 5.02 Å². The first kappa shape index (κ1) is 18.1. The molecule has 0 aliphatic carbocycles. The second-order valence-electron chi connectivity index (χ2n) is 5.74. The zero-order valence-electron chi connectivity index (χ0n) is 14.1. The van der Waals surface area contributed by atoms with Gasteiger partial charge in [-0.05, 0) is 43.2 Å². The molecule has 0 aliphatic rings. The summed E-state index contributed by atoms with van der Waals surface area (Å²) in [4.78, 5) is 8.45. The van der Waals surface area contributed by atoms with E-state index in [1.54, 1.807) is 13.0 Å². The van der Waals surface area contributed by atoms with Gasteiger partial charge in [-0.1, -0.05) is 29.8 Å². The van der Waals surface area contributed by atoms with Crippen LogP contribution in [0.4, 0.5) is 26.2 Å². The second-order valence-corrected chi connectivity index (χ2v) is 6.18. The topological polar surface area (TPSA) is 49.8 Å². The van der Waals surface area contributed by atoms with Crippen LogP contribution in [0.15, 0.2) is 48.5 Å². The van der Waals surface area contributed by atoms with Gasteiger partial charge >= 0.3 is 0 Å². The van der Waals surface area contributed by atoms with Gasteiger partial charge in [0.2, 0.25) is 5.95 Å². The molecule has 0 saturated carbocycles. The molecular formula is C19H17ClF2N4. The van der Waals surface area contributed by atoms with Gasteiger partial charge in [0.05, 0.1) is 0 Å². The van der Waals surface area contributed by atoms with Gasteiger partial charge in [0.15, 0.2) is 0 Å². The summed E-state index contributed by atoms with van der Waals surface area (Å²) in [6, 6.07) is 13.0. The van der Waals surface area contributed by atoms with Gasteiger partial charge in [0, 0.05) is 23.3 Å². The lowest BCUT2D eigenvalue weighted by atomic mass is 10.1. The van der Waals surface area contributed by atoms with Crippen LogP contribution in [0, 0.1) is 18.6 Å². The van der Waals surface area contributed by atoms with E-state index in [1.165, 1.54) is 18.2 Å². The van der Waals surface area contributed by atoms with Gasteiger partial charge in [-0.3, -0.25) is 0 Å². The van der Waals surface area contributed by atoms with E-state index in [0.717, 1.165) is 12.0 Å². The zero-order valence-corrected chi connectivity index (χ0v) is 14.8. The summed E-state index contributed by atoms with van der Waals surface area (Å²) in [5.74, 6) is -0.701. The van der Waals surface area contributed by atoms with E-state index in [1.807, 2.05) is 24.3 Å². The fourth-order valence-corrected chi connectivity index (χ4v) is 2.56. The second kappa shape index (κ2) is 8.10. The van der Waals surface area contributed by atoms with Crippen molar-refractivity contribution in [1.29, 1.82) is 0 Å². The number of nitrogens with zero attached hydrogens (tertiary/aromatic N) is 2. The summed E-state index contributed by atoms with van der Waals surface area (Å²) in [7, 11) is 0. The number of hydrogen-bond donors (Lipinski definition) is 2. The maximum Gasteiger partial charge on any atom is 0.229 e. The zero-order chi connectivity index (χ0) is 18.5. The molecule has 0 atom stereocenters. The predicted octanol–water partition coefficient (Wildman–Crippen LogP) is 5.11. The first-order valence-corrected chi connectivity index (χ1v) is 8.44. The van der Waals surface area contributed by atoms with Crippen LogP contribution in [0.1, 0.15) is 11.3 Å². The maximum absolute atomic E-state index is 13.8. The number of aryl methyl sites for hydroxylation is 1. The first-order valence-electron chi connectivity index (χ1n) is 8.06. The summed E-state index contributed by atoms with van der Waals surface area (Å²) in [5, 5.41) is 6.50. The summed E-state index contributed by atoms with van der Waals surface area (Å²) in [6.45, 7) is 2.43. The van der Waals surface area contributed by atoms with Crippen molar-refractivity contribution in [1.82, 2.24) is 9.97 Å². The van der Waals surface area contributed by atoms with Crippen molar-refractivity contribution in [3.8, 4) is 0 Å². The van der Waals surface area contributed by atoms with E-state index in [4.69, 9.17) is 11.6 Å². The Morgan fingerprint density at radius 2 is 1.69 bits per heavy atom. The standard InChI is InChI=1S/C19H17ClF2N4/c1-12-11-17(23-10-9-13-5-7-14(20)8-6-13)25-19(24-12)26-18-15(21)3-2-4-16(18)22/h2-8,11H,9-10H2,1H3,(H2,23,24,25,26). The van der Waals surface area contributed by atoms with Gasteiger partial charge in [-0.15, -0.1) is 0 Å². The molecule has 26 heavy (non-hydrogen) atoms. The van der Waals surface area contributed by atoms with Gasteiger partial charge in [0.25, 0.3) is 0 Å². The molecule has 0 radical (unpaired) electrons. The molecule has 0 aliphatic heterocycles. The van der Waals surface area contributed by atoms with Gasteiger partial charge in [0.1, 0.15) is 23.1 Å². The molecule has 0 bridgehead atoms. The largest absolute Gasteiger partial charge is 0.370 e. The van der Waals surface area contributed by atoms with Crippen LogP contribution in [0.5, 0.6) is 0 Å². The van der Waals surface area contributed by atoms with Crippen LogP contribution in [-0.2, 0) is 6.42 Å². The van der Waals surface area contributed by atoms with Gasteiger partial charge in [-0.25, -0.2) is 13.8 Å². The SMILES string of the molecule is Cc1cc(NCCc2ccc(Cl)cc2)nc(Nc2c(F)cccc2F)n1. The highest BCUT2D eigenvalue weighted by Gasteiger charge is 2.11. The molecule has 134 valence electrons. The lowest BCUT2D eigenvalue weighted by molar-refractivity contribution is 0.590. The fraction of sp³-hybridized carbons (Fsp3) is 0.158. The highest BCUT2D eigenvalue weighted by Crippen LogP contribution is 2.22. The van der Waals surface area contributed by atoms with Crippen molar-refractivity contribution in [3.05, 3.63) is 76.4 Å². The average molecular weight is 375 g/mol. The molecule has 2 aromatic carbocycles. The molecular weight excluding hydrogens is 358 g/mol. The minimum Gasteiger partial charge on any atom is -0.370 e. The first-order chi connectivity index (χ1) is 12.5. The fourth-order valence-electron chi connectivity index (χ4n) is 2.43. The summed E-state index contributed by atoms with van der Waals surface area (Å²) in [5.41, 5.74) is 1.54. The number of halogens is 3. The van der Waals surface area contributed by atoms with E-state index in [2.05, 4.69) is 20.6 Å². The van der Waals surface area contributed by atoms with Crippen molar-refractivity contribution < 1.29 is 8.78 Å². The van der Waals surface area contributed by atoms with Crippen LogP contribution in [0.25, 0.3) is 0 Å². The molecule has 3 rings (SSSR count). The van der Waals surface area contributed by atoms with E-state index in [0.29, 0.717) is 23.1 Å². The summed E-state index contributed by atoms with van der Waals surface area (Å²) in [6.07, 6.45) is 0.783. The van der Waals surface area contributed by atoms with Crippen LogP contribution < -0.4 is 10.6 Å². The van der Waals surface area contributed by atoms with E-state index >= 15 is 0 Å². The van der Waals surface area contributed by atoms with Gasteiger partial charge < -0.3 is 10.6 Å². The monoisotopic (exact) mass is 374 g/mol. The van der Waals surface area contributed by atoms with E-state index in [9.17, 15) is 8.78 Å². The number of hydrogen-bond acceptors (Lipinski definition) is 4. The molecule has 0 saturated heterocycles. The molecule has 7 heteroatoms. The summed E-state index contributed by atoms with van der Waals surface area (Å²) < 4.78 is 27.5. The lowest BCUT2D eigenvalue weighted by Crippen LogP contribution is -2.09. The van der Waals surface area contributed by atoms with Crippen LogP contribution >= 0.6 is 11.6 Å². The van der Waals surface area contributed by atoms with E-state index in [-0.39, 0.29) is 11.6 Å². The quantitative estimate of drug-likeness (QED) is 0.629. The minimum absolute atomic E-state index is 0.128. The van der Waals surface area contributed by atoms with Crippen molar-refractivity contribution in [3.63, 3.8) is 0 Å². The Balaban J connectivity index is 1.68. The van der Waals surface area contributed by atoms with Crippen molar-refractivity contribution in [2.45, 2.75) is 13.3 Å². The smallest absolute Gasteiger partial charge is 0.229 e. The Kier molecular flexibility index (Phi) is 5.63. The van der Waals surface area contributed by atoms with E-state index < -0.39 is 11.6 Å². The number of para-hydroxylation sites is 1. The normalized spacial score (nSPS) is 10.6. The van der Waals surface area contributed by atoms with Crippen LogP contribution in [-0.4, -0.2) is 16.5 Å². The Bertz CT molecular complexity index is 880. The Morgan fingerprint density at radius 1 is 1.00 bits per heavy atom. The van der Waals surface area contributed by atoms with Crippen molar-refractivity contribution >= 4 is 29.1 Å². The molecule has 1 heterocycles. The number of rotatable bonds is 6. The molecule has 3 aromatic rings. The number of nitrogens with one attached hydrogen (secondary N) is 2. The molecule has 0 spiro atoms. The summed E-state index contributed by atoms with van der Waals surface area (Å²) >= 11 is 5.87. The third kappa shape index (κ3) is 4.67. The maximum atomic E-state index is 13.8. The predicted molar refractivity (Wildman–Crippen MR) is 100 cm³/mol. The molecule has 0 fully saturated rings. The number of benzene rings is 2. The molecule has 0 amide bonds. The lowest BCUT2D eigenvalue weighted by Gasteiger charge is -2.11. The molecule has 1 aromatic heterocycles. The van der Waals surface area contributed by atoms with Crippen molar-refractivity contribution in [2.75, 3.05) is 17.2 Å². The Labute approximate surface area is 155 Å². The Morgan fingerprint density at radius 3 is 2.38 bits per heavy atom. The average Bonchev–Trinajstić information content (AvgIpc) is 2.60. The third-order valence-electron chi connectivity index (χ3n) is 3.69. The van der Waals surface area contributed by atoms with Crippen LogP contribution in [0.3, 0.4) is 0 Å². The highest BCUT2D eigenvalue weighted by molar-refractivity contribution is 6.30. The van der Waals surface area contributed by atoms with Crippen molar-refractivity contribution in [2.24, 2.45) is 0 Å².